The third-order valence-corrected chi connectivity index (χ3v) is 2.69. The number of hydrogen-bond acceptors (Lipinski definition) is 2. The first-order valence-electron chi connectivity index (χ1n) is 6.73. The van der Waals surface area contributed by atoms with Crippen molar-refractivity contribution in [2.24, 2.45) is 12.0 Å². The zero-order chi connectivity index (χ0) is 14.3. The minimum Gasteiger partial charge on any atom is -0.422 e. The Hall–Kier alpha value is -1.92. The van der Waals surface area contributed by atoms with Gasteiger partial charge in [-0.15, -0.1) is 6.01 Å². The molecule has 0 N–H and O–H groups in total. The van der Waals surface area contributed by atoms with Gasteiger partial charge in [0.15, 0.2) is 0 Å². The second kappa shape index (κ2) is 12.5. The molecule has 0 aliphatic heterocycles. The summed E-state index contributed by atoms with van der Waals surface area (Å²) in [7, 11) is 2.07. The molecule has 1 aromatic heterocycles. The van der Waals surface area contributed by atoms with Crippen LogP contribution in [0.5, 0.6) is 0 Å². The number of hydrogen-bond donors (Lipinski definition) is 0. The van der Waals surface area contributed by atoms with E-state index in [1.54, 1.807) is 0 Å². The number of rotatable bonds is 7. The summed E-state index contributed by atoms with van der Waals surface area (Å²) in [5, 5.41) is 14.9. The van der Waals surface area contributed by atoms with E-state index in [0.29, 0.717) is 0 Å². The van der Waals surface area contributed by atoms with Crippen LogP contribution in [0, 0.1) is 11.5 Å². The molecule has 0 amide bonds. The largest absolute Gasteiger partial charge is 0.422 e. The van der Waals surface area contributed by atoms with Gasteiger partial charge in [0.05, 0.1) is 19.8 Å². The van der Waals surface area contributed by atoms with Crippen molar-refractivity contribution in [3.63, 3.8) is 0 Å². The Morgan fingerprint density at radius 3 is 2.42 bits per heavy atom. The predicted octanol–water partition coefficient (Wildman–Crippen LogP) is 2.88. The van der Waals surface area contributed by atoms with Gasteiger partial charge in [0, 0.05) is 0 Å². The van der Waals surface area contributed by atoms with E-state index >= 15 is 0 Å². The minimum absolute atomic E-state index is 1.17. The van der Waals surface area contributed by atoms with E-state index < -0.39 is 0 Å². The molecular weight excluding hydrogens is 238 g/mol. The van der Waals surface area contributed by atoms with E-state index in [-0.39, 0.29) is 0 Å². The third-order valence-electron chi connectivity index (χ3n) is 2.69. The molecule has 0 atom stereocenters. The quantitative estimate of drug-likeness (QED) is 0.322. The molecule has 0 fully saturated rings. The fourth-order valence-corrected chi connectivity index (χ4v) is 1.73. The lowest BCUT2D eigenvalue weighted by atomic mass is 10.1. The summed E-state index contributed by atoms with van der Waals surface area (Å²) in [4.78, 5) is 2.58. The average Bonchev–Trinajstić information content (AvgIpc) is 2.81. The van der Waals surface area contributed by atoms with Gasteiger partial charge in [0.25, 0.3) is 0 Å². The Labute approximate surface area is 115 Å². The molecule has 1 aromatic rings. The van der Waals surface area contributed by atoms with Crippen molar-refractivity contribution in [3.05, 3.63) is 24.1 Å². The van der Waals surface area contributed by atoms with E-state index in [4.69, 9.17) is 10.7 Å². The van der Waals surface area contributed by atoms with Crippen molar-refractivity contribution in [1.29, 1.82) is 5.26 Å². The Bertz CT molecular complexity index is 410. The number of nitriles is 1. The third kappa shape index (κ3) is 10.9. The second-order valence-electron chi connectivity index (χ2n) is 4.40. The molecule has 0 radical (unpaired) electrons. The summed E-state index contributed by atoms with van der Waals surface area (Å²) in [6, 6.07) is 1.28. The predicted molar refractivity (Wildman–Crippen MR) is 75.4 cm³/mol. The van der Waals surface area contributed by atoms with Crippen molar-refractivity contribution in [2.75, 3.05) is 0 Å². The topological polar surface area (TPSA) is 67.3 Å². The van der Waals surface area contributed by atoms with Crippen LogP contribution in [-0.4, -0.2) is 10.6 Å². The van der Waals surface area contributed by atoms with Crippen LogP contribution in [0.25, 0.3) is 5.41 Å². The molecule has 19 heavy (non-hydrogen) atoms. The molecule has 104 valence electrons. The highest BCUT2D eigenvalue weighted by Gasteiger charge is 1.98. The fourth-order valence-electron chi connectivity index (χ4n) is 1.73. The van der Waals surface area contributed by atoms with Gasteiger partial charge in [-0.2, -0.15) is 5.26 Å². The Balaban J connectivity index is 0.000000555. The van der Waals surface area contributed by atoms with Gasteiger partial charge in [-0.25, -0.2) is 9.13 Å². The summed E-state index contributed by atoms with van der Waals surface area (Å²) >= 11 is 0. The molecule has 0 spiro atoms. The summed E-state index contributed by atoms with van der Waals surface area (Å²) in [5.74, 6) is 0. The maximum Gasteiger partial charge on any atom is 0.243 e. The lowest BCUT2D eigenvalue weighted by Gasteiger charge is -1.98. The van der Waals surface area contributed by atoms with Crippen molar-refractivity contribution < 1.29 is 4.57 Å². The first-order chi connectivity index (χ1) is 9.24. The van der Waals surface area contributed by atoms with Gasteiger partial charge in [-0.3, -0.25) is 0 Å². The normalized spacial score (nSPS) is 8.89. The molecule has 1 heterocycles. The lowest BCUT2D eigenvalue weighted by Crippen LogP contribution is -2.23. The molecule has 0 saturated heterocycles. The smallest absolute Gasteiger partial charge is 0.243 e. The van der Waals surface area contributed by atoms with Gasteiger partial charge in [0.1, 0.15) is 12.4 Å². The van der Waals surface area contributed by atoms with Crippen molar-refractivity contribution in [1.82, 2.24) is 4.57 Å². The zero-order valence-corrected chi connectivity index (χ0v) is 11.9. The van der Waals surface area contributed by atoms with Crippen molar-refractivity contribution >= 4 is 6.01 Å². The van der Waals surface area contributed by atoms with E-state index in [2.05, 4.69) is 46.8 Å². The molecule has 5 heteroatoms. The number of aromatic nitrogens is 2. The molecule has 0 unspecified atom stereocenters. The van der Waals surface area contributed by atoms with Gasteiger partial charge in [0.2, 0.25) is 6.33 Å². The van der Waals surface area contributed by atoms with Crippen LogP contribution in [-0.2, 0) is 13.6 Å². The zero-order valence-electron chi connectivity index (χ0n) is 11.9. The van der Waals surface area contributed by atoms with Gasteiger partial charge >= 0.3 is 0 Å². The van der Waals surface area contributed by atoms with Crippen LogP contribution >= 0.6 is 0 Å². The van der Waals surface area contributed by atoms with E-state index in [1.807, 2.05) is 0 Å². The van der Waals surface area contributed by atoms with Crippen LogP contribution < -0.4 is 4.57 Å². The fraction of sp³-hybridized carbons (Fsp3) is 0.643. The molecule has 5 nitrogen and oxygen atoms in total. The second-order valence-corrected chi connectivity index (χ2v) is 4.40. The molecule has 0 aliphatic carbocycles. The average molecular weight is 261 g/mol. The first-order valence-corrected chi connectivity index (χ1v) is 6.73. The number of aryl methyl sites for hydroxylation is 2. The summed E-state index contributed by atoms with van der Waals surface area (Å²) < 4.78 is 4.36. The lowest BCUT2D eigenvalue weighted by molar-refractivity contribution is -0.671. The van der Waals surface area contributed by atoms with Gasteiger partial charge in [-0.1, -0.05) is 32.6 Å². The first kappa shape index (κ1) is 17.1. The van der Waals surface area contributed by atoms with Crippen LogP contribution in [0.15, 0.2) is 23.7 Å². The SMILES string of the molecule is CCCCCCCCn1cc[n+](C)c1.N#CN=C=[N-]. The van der Waals surface area contributed by atoms with Gasteiger partial charge < -0.3 is 10.4 Å². The van der Waals surface area contributed by atoms with Crippen LogP contribution in [0.1, 0.15) is 45.4 Å². The van der Waals surface area contributed by atoms with E-state index in [1.165, 1.54) is 57.3 Å². The maximum atomic E-state index is 7.43. The molecule has 0 saturated carbocycles. The monoisotopic (exact) mass is 261 g/mol. The number of imidazole rings is 1. The van der Waals surface area contributed by atoms with Crippen LogP contribution in [0.3, 0.4) is 0 Å². The standard InChI is InChI=1S/C12H23N2.C2N3/c1-3-4-5-6-7-8-9-14-11-10-13(2)12-14;3-1-5-2-4/h10-12H,3-9H2,1-2H3;/q+1;-1. The number of unbranched alkanes of at least 4 members (excludes halogenated alkanes) is 5. The Kier molecular flexibility index (Phi) is 11.3. The van der Waals surface area contributed by atoms with Crippen molar-refractivity contribution in [3.8, 4) is 6.19 Å². The summed E-state index contributed by atoms with van der Waals surface area (Å²) in [5.41, 5.74) is 0. The molecule has 0 aliphatic rings. The van der Waals surface area contributed by atoms with Gasteiger partial charge in [-0.05, 0) is 12.8 Å². The highest BCUT2D eigenvalue weighted by molar-refractivity contribution is 5.46. The van der Waals surface area contributed by atoms with E-state index in [0.717, 1.165) is 0 Å². The summed E-state index contributed by atoms with van der Waals surface area (Å²) in [6.45, 7) is 3.44. The maximum absolute atomic E-state index is 7.43. The Morgan fingerprint density at radius 1 is 1.26 bits per heavy atom. The molecule has 0 bridgehead atoms. The Morgan fingerprint density at radius 2 is 1.95 bits per heavy atom. The van der Waals surface area contributed by atoms with Crippen molar-refractivity contribution in [2.45, 2.75) is 52.0 Å². The highest BCUT2D eigenvalue weighted by Crippen LogP contribution is 2.05. The van der Waals surface area contributed by atoms with E-state index in [9.17, 15) is 0 Å². The number of nitrogens with zero attached hydrogens (tertiary/aromatic N) is 5. The van der Waals surface area contributed by atoms with Crippen LogP contribution in [0.4, 0.5) is 0 Å². The molecule has 0 aromatic carbocycles. The summed E-state index contributed by atoms with van der Waals surface area (Å²) in [6.07, 6.45) is 15.9. The van der Waals surface area contributed by atoms with Crippen LogP contribution in [0.2, 0.25) is 0 Å². The minimum atomic E-state index is 1.17. The molecular formula is C14H23N5. The molecule has 1 rings (SSSR count). The number of aliphatic imine (C=N–C) groups is 1. The highest BCUT2D eigenvalue weighted by atomic mass is 15.1.